The summed E-state index contributed by atoms with van der Waals surface area (Å²) in [5, 5.41) is 3.46. The van der Waals surface area contributed by atoms with E-state index in [0.29, 0.717) is 0 Å². The molecule has 1 nitrogen and oxygen atoms in total. The lowest BCUT2D eigenvalue weighted by molar-refractivity contribution is 0.628. The number of rotatable bonds is 5. The van der Waals surface area contributed by atoms with Crippen LogP contribution in [0.3, 0.4) is 0 Å². The van der Waals surface area contributed by atoms with Crippen LogP contribution in [0, 0.1) is 5.82 Å². The summed E-state index contributed by atoms with van der Waals surface area (Å²) in [6.07, 6.45) is 4.03. The van der Waals surface area contributed by atoms with Crippen molar-refractivity contribution in [2.24, 2.45) is 0 Å². The lowest BCUT2D eigenvalue weighted by atomic mass is 10.1. The molecule has 1 N–H and O–H groups in total. The smallest absolute Gasteiger partial charge is 0.123 e. The SMILES string of the molecule is Fc1ccc(/C=C/c2ccccc2NCc2ccccc2)cc1. The van der Waals surface area contributed by atoms with Gasteiger partial charge in [0.1, 0.15) is 5.82 Å². The molecule has 3 aromatic carbocycles. The van der Waals surface area contributed by atoms with Gasteiger partial charge >= 0.3 is 0 Å². The molecule has 0 fully saturated rings. The van der Waals surface area contributed by atoms with Crippen molar-refractivity contribution in [1.29, 1.82) is 0 Å². The minimum atomic E-state index is -0.216. The molecular formula is C21H18FN. The van der Waals surface area contributed by atoms with Crippen molar-refractivity contribution in [2.45, 2.75) is 6.54 Å². The van der Waals surface area contributed by atoms with Crippen molar-refractivity contribution < 1.29 is 4.39 Å². The van der Waals surface area contributed by atoms with Crippen molar-refractivity contribution in [3.8, 4) is 0 Å². The predicted molar refractivity (Wildman–Crippen MR) is 95.5 cm³/mol. The van der Waals surface area contributed by atoms with E-state index in [2.05, 4.69) is 29.6 Å². The van der Waals surface area contributed by atoms with Crippen molar-refractivity contribution in [3.05, 3.63) is 101 Å². The highest BCUT2D eigenvalue weighted by molar-refractivity contribution is 5.76. The van der Waals surface area contributed by atoms with Gasteiger partial charge in [-0.1, -0.05) is 72.8 Å². The van der Waals surface area contributed by atoms with Gasteiger partial charge in [-0.25, -0.2) is 4.39 Å². The maximum atomic E-state index is 12.9. The first kappa shape index (κ1) is 15.0. The fourth-order valence-corrected chi connectivity index (χ4v) is 2.36. The van der Waals surface area contributed by atoms with Gasteiger partial charge in [-0.2, -0.15) is 0 Å². The number of hydrogen-bond donors (Lipinski definition) is 1. The molecule has 0 amide bonds. The lowest BCUT2D eigenvalue weighted by Gasteiger charge is -2.09. The summed E-state index contributed by atoms with van der Waals surface area (Å²) in [6.45, 7) is 0.780. The zero-order chi connectivity index (χ0) is 15.9. The number of para-hydroxylation sites is 1. The molecule has 0 aliphatic heterocycles. The van der Waals surface area contributed by atoms with Gasteiger partial charge in [-0.05, 0) is 34.9 Å². The van der Waals surface area contributed by atoms with Gasteiger partial charge in [0.15, 0.2) is 0 Å². The van der Waals surface area contributed by atoms with Crippen LogP contribution in [0.5, 0.6) is 0 Å². The monoisotopic (exact) mass is 303 g/mol. The molecular weight excluding hydrogens is 285 g/mol. The summed E-state index contributed by atoms with van der Waals surface area (Å²) < 4.78 is 12.9. The van der Waals surface area contributed by atoms with Gasteiger partial charge in [0.2, 0.25) is 0 Å². The Morgan fingerprint density at radius 1 is 0.739 bits per heavy atom. The van der Waals surface area contributed by atoms with Gasteiger partial charge in [-0.15, -0.1) is 0 Å². The highest BCUT2D eigenvalue weighted by atomic mass is 19.1. The highest BCUT2D eigenvalue weighted by Crippen LogP contribution is 2.19. The second-order valence-electron chi connectivity index (χ2n) is 5.31. The maximum absolute atomic E-state index is 12.9. The molecule has 0 spiro atoms. The number of hydrogen-bond acceptors (Lipinski definition) is 1. The van der Waals surface area contributed by atoms with Gasteiger partial charge in [-0.3, -0.25) is 0 Å². The molecule has 3 aromatic rings. The largest absolute Gasteiger partial charge is 0.380 e. The molecule has 0 saturated carbocycles. The van der Waals surface area contributed by atoms with E-state index in [1.54, 1.807) is 12.1 Å². The Morgan fingerprint density at radius 3 is 2.22 bits per heavy atom. The summed E-state index contributed by atoms with van der Waals surface area (Å²) in [5.41, 5.74) is 4.40. The van der Waals surface area contributed by atoms with Gasteiger partial charge in [0, 0.05) is 12.2 Å². The van der Waals surface area contributed by atoms with Crippen molar-refractivity contribution in [1.82, 2.24) is 0 Å². The summed E-state index contributed by atoms with van der Waals surface area (Å²) in [5.74, 6) is -0.216. The van der Waals surface area contributed by atoms with E-state index in [1.165, 1.54) is 17.7 Å². The van der Waals surface area contributed by atoms with Gasteiger partial charge in [0.25, 0.3) is 0 Å². The van der Waals surface area contributed by atoms with Crippen LogP contribution in [0.25, 0.3) is 12.2 Å². The average Bonchev–Trinajstić information content (AvgIpc) is 2.61. The van der Waals surface area contributed by atoms with Crippen LogP contribution in [0.2, 0.25) is 0 Å². The first-order chi connectivity index (χ1) is 11.3. The standard InChI is InChI=1S/C21H18FN/c22-20-14-11-17(12-15-20)10-13-19-8-4-5-9-21(19)23-16-18-6-2-1-3-7-18/h1-15,23H,16H2/b13-10+. The van der Waals surface area contributed by atoms with Gasteiger partial charge in [0.05, 0.1) is 0 Å². The number of halogens is 1. The lowest BCUT2D eigenvalue weighted by Crippen LogP contribution is -2.00. The molecule has 0 aliphatic carbocycles. The van der Waals surface area contributed by atoms with Crippen molar-refractivity contribution in [2.75, 3.05) is 5.32 Å². The van der Waals surface area contributed by atoms with Crippen molar-refractivity contribution in [3.63, 3.8) is 0 Å². The predicted octanol–water partition coefficient (Wildman–Crippen LogP) is 5.61. The molecule has 0 unspecified atom stereocenters. The third kappa shape index (κ3) is 4.30. The Kier molecular flexibility index (Phi) is 4.85. The van der Waals surface area contributed by atoms with Crippen LogP contribution in [0.1, 0.15) is 16.7 Å². The minimum Gasteiger partial charge on any atom is -0.380 e. The molecule has 0 saturated heterocycles. The van der Waals surface area contributed by atoms with Crippen molar-refractivity contribution >= 4 is 17.8 Å². The van der Waals surface area contributed by atoms with E-state index >= 15 is 0 Å². The normalized spacial score (nSPS) is 10.8. The van der Waals surface area contributed by atoms with Crippen LogP contribution in [0.4, 0.5) is 10.1 Å². The average molecular weight is 303 g/mol. The molecule has 0 heterocycles. The molecule has 0 atom stereocenters. The van der Waals surface area contributed by atoms with Crippen LogP contribution in [-0.2, 0) is 6.54 Å². The van der Waals surface area contributed by atoms with E-state index in [1.807, 2.05) is 42.5 Å². The number of benzene rings is 3. The summed E-state index contributed by atoms with van der Waals surface area (Å²) in [6, 6.07) is 24.9. The van der Waals surface area contributed by atoms with Crippen LogP contribution in [-0.4, -0.2) is 0 Å². The first-order valence-corrected chi connectivity index (χ1v) is 7.62. The maximum Gasteiger partial charge on any atom is 0.123 e. The van der Waals surface area contributed by atoms with E-state index < -0.39 is 0 Å². The second-order valence-corrected chi connectivity index (χ2v) is 5.31. The molecule has 3 rings (SSSR count). The number of nitrogens with one attached hydrogen (secondary N) is 1. The Hall–Kier alpha value is -2.87. The quantitative estimate of drug-likeness (QED) is 0.604. The molecule has 0 aromatic heterocycles. The van der Waals surface area contributed by atoms with Crippen LogP contribution in [0.15, 0.2) is 78.9 Å². The van der Waals surface area contributed by atoms with E-state index in [9.17, 15) is 4.39 Å². The first-order valence-electron chi connectivity index (χ1n) is 7.62. The van der Waals surface area contributed by atoms with E-state index in [4.69, 9.17) is 0 Å². The van der Waals surface area contributed by atoms with E-state index in [-0.39, 0.29) is 5.82 Å². The Morgan fingerprint density at radius 2 is 1.43 bits per heavy atom. The second kappa shape index (κ2) is 7.41. The minimum absolute atomic E-state index is 0.216. The fourth-order valence-electron chi connectivity index (χ4n) is 2.36. The Labute approximate surface area is 136 Å². The molecule has 2 heteroatoms. The third-order valence-corrected chi connectivity index (χ3v) is 3.61. The van der Waals surface area contributed by atoms with Gasteiger partial charge < -0.3 is 5.32 Å². The molecule has 0 radical (unpaired) electrons. The van der Waals surface area contributed by atoms with Crippen LogP contribution >= 0.6 is 0 Å². The summed E-state index contributed by atoms with van der Waals surface area (Å²) in [4.78, 5) is 0. The Bertz CT molecular complexity index is 776. The number of anilines is 1. The fraction of sp³-hybridized carbons (Fsp3) is 0.0476. The van der Waals surface area contributed by atoms with E-state index in [0.717, 1.165) is 23.4 Å². The Balaban J connectivity index is 1.73. The third-order valence-electron chi connectivity index (χ3n) is 3.61. The topological polar surface area (TPSA) is 12.0 Å². The molecule has 0 bridgehead atoms. The molecule has 114 valence electrons. The zero-order valence-electron chi connectivity index (χ0n) is 12.7. The summed E-state index contributed by atoms with van der Waals surface area (Å²) >= 11 is 0. The summed E-state index contributed by atoms with van der Waals surface area (Å²) in [7, 11) is 0. The highest BCUT2D eigenvalue weighted by Gasteiger charge is 1.99. The van der Waals surface area contributed by atoms with Crippen LogP contribution < -0.4 is 5.32 Å². The molecule has 0 aliphatic rings. The molecule has 23 heavy (non-hydrogen) atoms. The zero-order valence-corrected chi connectivity index (χ0v) is 12.7.